The Labute approximate surface area is 232 Å². The fourth-order valence-electron chi connectivity index (χ4n) is 4.53. The number of hydrogen-bond donors (Lipinski definition) is 2. The average Bonchev–Trinajstić information content (AvgIpc) is 3.34. The lowest BCUT2D eigenvalue weighted by molar-refractivity contribution is -0.113. The molecule has 7 nitrogen and oxygen atoms in total. The lowest BCUT2D eigenvalue weighted by atomic mass is 9.93. The van der Waals surface area contributed by atoms with Gasteiger partial charge in [-0.15, -0.1) is 5.10 Å². The summed E-state index contributed by atoms with van der Waals surface area (Å²) in [6.07, 6.45) is 0. The number of Topliss-reactive ketones (excluding diaryl/α,β-unsaturated/α-hetero) is 1. The second kappa shape index (κ2) is 11.3. The number of ketones is 1. The van der Waals surface area contributed by atoms with Gasteiger partial charge in [0.1, 0.15) is 6.04 Å². The number of aryl methyl sites for hydroxylation is 1. The Morgan fingerprint density at radius 2 is 1.67 bits per heavy atom. The van der Waals surface area contributed by atoms with E-state index in [1.54, 1.807) is 4.68 Å². The van der Waals surface area contributed by atoms with Gasteiger partial charge in [0, 0.05) is 16.9 Å². The normalized spacial score (nSPS) is 14.6. The molecule has 2 N–H and O–H groups in total. The van der Waals surface area contributed by atoms with E-state index in [0.717, 1.165) is 11.1 Å². The number of carbonyl (C=O) groups excluding carboxylic acids is 2. The molecule has 0 aliphatic carbocycles. The molecule has 4 aromatic rings. The average molecular weight is 538 g/mol. The van der Waals surface area contributed by atoms with E-state index in [2.05, 4.69) is 41.6 Å². The van der Waals surface area contributed by atoms with E-state index < -0.39 is 6.04 Å². The summed E-state index contributed by atoms with van der Waals surface area (Å²) in [4.78, 5) is 31.0. The minimum absolute atomic E-state index is 0.0128. The predicted molar refractivity (Wildman–Crippen MR) is 156 cm³/mol. The van der Waals surface area contributed by atoms with E-state index in [-0.39, 0.29) is 17.4 Å². The largest absolute Gasteiger partial charge is 0.328 e. The van der Waals surface area contributed by atoms with Crippen LogP contribution in [0.1, 0.15) is 59.8 Å². The molecule has 2 heterocycles. The summed E-state index contributed by atoms with van der Waals surface area (Å²) < 4.78 is 1.75. The van der Waals surface area contributed by atoms with Crippen LogP contribution in [-0.4, -0.2) is 32.2 Å². The molecular formula is C31H31N5O2S. The molecular weight excluding hydrogens is 506 g/mol. The van der Waals surface area contributed by atoms with Crippen LogP contribution in [0.15, 0.2) is 95.3 Å². The van der Waals surface area contributed by atoms with E-state index in [4.69, 9.17) is 5.10 Å². The van der Waals surface area contributed by atoms with Crippen molar-refractivity contribution in [2.75, 3.05) is 16.4 Å². The first-order valence-electron chi connectivity index (χ1n) is 12.9. The number of nitrogens with zero attached hydrogens (tertiary/aromatic N) is 3. The number of aromatic nitrogens is 3. The third-order valence-electron chi connectivity index (χ3n) is 6.73. The van der Waals surface area contributed by atoms with Crippen molar-refractivity contribution in [2.45, 2.75) is 44.8 Å². The third-order valence-corrected chi connectivity index (χ3v) is 7.57. The first-order chi connectivity index (χ1) is 18.8. The summed E-state index contributed by atoms with van der Waals surface area (Å²) in [7, 11) is 0. The maximum absolute atomic E-state index is 13.6. The van der Waals surface area contributed by atoms with E-state index in [0.29, 0.717) is 39.5 Å². The van der Waals surface area contributed by atoms with Gasteiger partial charge in [0.2, 0.25) is 11.1 Å². The Morgan fingerprint density at radius 1 is 0.974 bits per heavy atom. The maximum Gasteiger partial charge on any atom is 0.255 e. The Morgan fingerprint density at radius 3 is 2.33 bits per heavy atom. The van der Waals surface area contributed by atoms with Crippen molar-refractivity contribution < 1.29 is 9.59 Å². The molecule has 0 spiro atoms. The van der Waals surface area contributed by atoms with Crippen LogP contribution >= 0.6 is 11.8 Å². The van der Waals surface area contributed by atoms with Crippen LogP contribution in [0, 0.1) is 6.92 Å². The highest BCUT2D eigenvalue weighted by Gasteiger charge is 2.34. The minimum Gasteiger partial charge on any atom is -0.328 e. The zero-order chi connectivity index (χ0) is 27.5. The van der Waals surface area contributed by atoms with E-state index in [1.807, 2.05) is 80.6 Å². The molecule has 8 heteroatoms. The molecule has 5 rings (SSSR count). The Hall–Kier alpha value is -4.17. The zero-order valence-electron chi connectivity index (χ0n) is 22.4. The molecule has 1 aliphatic heterocycles. The Kier molecular flexibility index (Phi) is 7.65. The van der Waals surface area contributed by atoms with E-state index in [9.17, 15) is 9.59 Å². The van der Waals surface area contributed by atoms with Gasteiger partial charge in [-0.1, -0.05) is 97.9 Å². The highest BCUT2D eigenvalue weighted by molar-refractivity contribution is 7.99. The van der Waals surface area contributed by atoms with Crippen LogP contribution < -0.4 is 10.6 Å². The van der Waals surface area contributed by atoms with Gasteiger partial charge in [-0.3, -0.25) is 9.59 Å². The second-order valence-electron chi connectivity index (χ2n) is 9.95. The molecule has 0 unspecified atom stereocenters. The number of allylic oxidation sites excluding steroid dienone is 1. The summed E-state index contributed by atoms with van der Waals surface area (Å²) in [5.74, 6) is 0.939. The predicted octanol–water partition coefficient (Wildman–Crippen LogP) is 6.61. The first-order valence-corrected chi connectivity index (χ1v) is 13.9. The fourth-order valence-corrected chi connectivity index (χ4v) is 5.25. The number of rotatable bonds is 8. The van der Waals surface area contributed by atoms with Crippen molar-refractivity contribution in [1.82, 2.24) is 14.8 Å². The molecule has 0 fully saturated rings. The van der Waals surface area contributed by atoms with Crippen LogP contribution in [0.25, 0.3) is 0 Å². The summed E-state index contributed by atoms with van der Waals surface area (Å²) in [5, 5.41) is 11.5. The summed E-state index contributed by atoms with van der Waals surface area (Å²) in [5.41, 5.74) is 5.89. The molecule has 0 saturated heterocycles. The molecule has 1 atom stereocenters. The molecule has 39 heavy (non-hydrogen) atoms. The second-order valence-corrected chi connectivity index (χ2v) is 10.9. The van der Waals surface area contributed by atoms with Crippen LogP contribution in [0.3, 0.4) is 0 Å². The minimum atomic E-state index is -0.485. The molecule has 3 aromatic carbocycles. The molecule has 1 amide bonds. The van der Waals surface area contributed by atoms with Crippen molar-refractivity contribution in [3.8, 4) is 0 Å². The summed E-state index contributed by atoms with van der Waals surface area (Å²) in [6, 6.07) is 24.7. The monoisotopic (exact) mass is 537 g/mol. The Bertz CT molecular complexity index is 1520. The van der Waals surface area contributed by atoms with Crippen LogP contribution in [0.4, 0.5) is 11.6 Å². The Balaban J connectivity index is 1.46. The number of thioether (sulfide) groups is 1. The molecule has 198 valence electrons. The highest BCUT2D eigenvalue weighted by Crippen LogP contribution is 2.37. The van der Waals surface area contributed by atoms with Crippen molar-refractivity contribution in [3.05, 3.63) is 112 Å². The summed E-state index contributed by atoms with van der Waals surface area (Å²) >= 11 is 1.29. The van der Waals surface area contributed by atoms with Gasteiger partial charge >= 0.3 is 0 Å². The number of anilines is 2. The van der Waals surface area contributed by atoms with Gasteiger partial charge < -0.3 is 10.6 Å². The number of fused-ring (bicyclic) bond motifs is 1. The van der Waals surface area contributed by atoms with Gasteiger partial charge in [-0.05, 0) is 43.0 Å². The molecule has 0 radical (unpaired) electrons. The zero-order valence-corrected chi connectivity index (χ0v) is 23.3. The highest BCUT2D eigenvalue weighted by atomic mass is 32.2. The number of carbonyl (C=O) groups is 2. The van der Waals surface area contributed by atoms with Gasteiger partial charge in [0.05, 0.1) is 11.3 Å². The van der Waals surface area contributed by atoms with Gasteiger partial charge in [-0.25, -0.2) is 4.68 Å². The lowest BCUT2D eigenvalue weighted by Gasteiger charge is -2.29. The molecule has 0 saturated carbocycles. The van der Waals surface area contributed by atoms with Crippen LogP contribution in [0.5, 0.6) is 0 Å². The first kappa shape index (κ1) is 26.4. The van der Waals surface area contributed by atoms with Gasteiger partial charge in [-0.2, -0.15) is 4.98 Å². The topological polar surface area (TPSA) is 88.9 Å². The number of benzene rings is 3. The molecule has 1 aromatic heterocycles. The van der Waals surface area contributed by atoms with Gasteiger partial charge in [0.15, 0.2) is 5.78 Å². The van der Waals surface area contributed by atoms with E-state index in [1.165, 1.54) is 17.3 Å². The number of amides is 1. The maximum atomic E-state index is 13.6. The quantitative estimate of drug-likeness (QED) is 0.194. The van der Waals surface area contributed by atoms with Crippen LogP contribution in [-0.2, 0) is 4.79 Å². The molecule has 1 aliphatic rings. The number of para-hydroxylation sites is 1. The smallest absolute Gasteiger partial charge is 0.255 e. The molecule has 0 bridgehead atoms. The SMILES string of the molecule is CC1=C(C(=O)Nc2ccccc2)[C@@H](c2ccc(C(C)C)cc2)n2nc(SCC(=O)c3ccc(C)cc3)nc2N1. The third kappa shape index (κ3) is 5.81. The fraction of sp³-hybridized carbons (Fsp3) is 0.226. The van der Waals surface area contributed by atoms with Crippen molar-refractivity contribution in [1.29, 1.82) is 0 Å². The standard InChI is InChI=1S/C31H31N5O2S/c1-19(2)22-14-16-24(17-15-22)28-27(29(38)33-25-8-6-5-7-9-25)21(4)32-30-34-31(35-36(28)30)39-18-26(37)23-12-10-20(3)11-13-23/h5-17,19,28H,18H2,1-4H3,(H,33,38)(H,32,34,35)/t28-/m1/s1. The van der Waals surface area contributed by atoms with Crippen molar-refractivity contribution in [2.24, 2.45) is 0 Å². The van der Waals surface area contributed by atoms with Crippen LogP contribution in [0.2, 0.25) is 0 Å². The van der Waals surface area contributed by atoms with Crippen molar-refractivity contribution in [3.63, 3.8) is 0 Å². The van der Waals surface area contributed by atoms with Crippen molar-refractivity contribution >= 4 is 35.1 Å². The number of hydrogen-bond acceptors (Lipinski definition) is 6. The summed E-state index contributed by atoms with van der Waals surface area (Å²) in [6.45, 7) is 8.17. The van der Waals surface area contributed by atoms with Gasteiger partial charge in [0.25, 0.3) is 5.91 Å². The number of nitrogens with one attached hydrogen (secondary N) is 2. The lowest BCUT2D eigenvalue weighted by Crippen LogP contribution is -2.31. The van der Waals surface area contributed by atoms with E-state index >= 15 is 0 Å².